The Labute approximate surface area is 116 Å². The van der Waals surface area contributed by atoms with E-state index >= 15 is 0 Å². The van der Waals surface area contributed by atoms with Crippen LogP contribution in [0.2, 0.25) is 0 Å². The Morgan fingerprint density at radius 2 is 1.90 bits per heavy atom. The minimum atomic E-state index is 0.308. The predicted molar refractivity (Wildman–Crippen MR) is 75.8 cm³/mol. The monoisotopic (exact) mass is 266 g/mol. The van der Waals surface area contributed by atoms with Crippen LogP contribution in [-0.4, -0.2) is 14.8 Å². The lowest BCUT2D eigenvalue weighted by molar-refractivity contribution is 0.441. The van der Waals surface area contributed by atoms with E-state index in [1.165, 1.54) is 0 Å². The van der Waals surface area contributed by atoms with Crippen molar-refractivity contribution in [2.24, 2.45) is 5.73 Å². The molecule has 0 atom stereocenters. The van der Waals surface area contributed by atoms with Gasteiger partial charge in [0.1, 0.15) is 12.1 Å². The molecule has 0 aliphatic heterocycles. The van der Waals surface area contributed by atoms with Crippen LogP contribution in [0.3, 0.4) is 0 Å². The normalized spacial score (nSPS) is 10.4. The van der Waals surface area contributed by atoms with Gasteiger partial charge in [-0.05, 0) is 29.8 Å². The van der Waals surface area contributed by atoms with Crippen molar-refractivity contribution in [1.82, 2.24) is 14.8 Å². The first kappa shape index (κ1) is 12.4. The summed E-state index contributed by atoms with van der Waals surface area (Å²) in [5, 5.41) is 4.28. The van der Waals surface area contributed by atoms with Gasteiger partial charge in [-0.3, -0.25) is 0 Å². The third-order valence-corrected chi connectivity index (χ3v) is 2.83. The van der Waals surface area contributed by atoms with Crippen molar-refractivity contribution in [2.75, 3.05) is 0 Å². The Balaban J connectivity index is 1.80. The molecule has 0 saturated heterocycles. The predicted octanol–water partition coefficient (Wildman–Crippen LogP) is 2.52. The summed E-state index contributed by atoms with van der Waals surface area (Å²) in [4.78, 5) is 4.14. The van der Waals surface area contributed by atoms with Gasteiger partial charge in [-0.15, -0.1) is 5.10 Å². The first-order valence-electron chi connectivity index (χ1n) is 6.29. The summed E-state index contributed by atoms with van der Waals surface area (Å²) >= 11 is 0. The zero-order chi connectivity index (χ0) is 13.8. The topological polar surface area (TPSA) is 66.0 Å². The maximum absolute atomic E-state index is 5.62. The lowest BCUT2D eigenvalue weighted by atomic mass is 10.2. The van der Waals surface area contributed by atoms with Crippen molar-refractivity contribution >= 4 is 0 Å². The molecule has 3 aromatic rings. The zero-order valence-corrected chi connectivity index (χ0v) is 10.8. The van der Waals surface area contributed by atoms with Gasteiger partial charge >= 0.3 is 6.01 Å². The molecule has 100 valence electrons. The van der Waals surface area contributed by atoms with E-state index in [2.05, 4.69) is 10.1 Å². The maximum atomic E-state index is 5.62. The third kappa shape index (κ3) is 2.67. The highest BCUT2D eigenvalue weighted by molar-refractivity contribution is 5.32. The summed E-state index contributed by atoms with van der Waals surface area (Å²) in [6.07, 6.45) is 1.62. The molecule has 0 bridgehead atoms. The van der Waals surface area contributed by atoms with Gasteiger partial charge in [0, 0.05) is 6.54 Å². The standard InChI is InChI=1S/C15H14N4O/c16-10-12-5-4-8-14(9-12)20-15-17-11-19(18-15)13-6-2-1-3-7-13/h1-9,11H,10,16H2. The summed E-state index contributed by atoms with van der Waals surface area (Å²) in [5.41, 5.74) is 7.54. The number of ether oxygens (including phenoxy) is 1. The van der Waals surface area contributed by atoms with Crippen LogP contribution in [0.25, 0.3) is 5.69 Å². The molecule has 1 aromatic heterocycles. The van der Waals surface area contributed by atoms with Crippen molar-refractivity contribution in [3.8, 4) is 17.4 Å². The second-order valence-corrected chi connectivity index (χ2v) is 4.26. The van der Waals surface area contributed by atoms with E-state index in [9.17, 15) is 0 Å². The van der Waals surface area contributed by atoms with Crippen molar-refractivity contribution in [3.05, 3.63) is 66.5 Å². The van der Waals surface area contributed by atoms with Crippen molar-refractivity contribution < 1.29 is 4.74 Å². The highest BCUT2D eigenvalue weighted by Crippen LogP contribution is 2.19. The Kier molecular flexibility index (Phi) is 3.43. The fourth-order valence-electron chi connectivity index (χ4n) is 1.84. The van der Waals surface area contributed by atoms with Gasteiger partial charge in [0.05, 0.1) is 5.69 Å². The van der Waals surface area contributed by atoms with Gasteiger partial charge in [-0.25, -0.2) is 4.68 Å². The number of nitrogens with two attached hydrogens (primary N) is 1. The minimum absolute atomic E-state index is 0.308. The summed E-state index contributed by atoms with van der Waals surface area (Å²) in [7, 11) is 0. The Bertz CT molecular complexity index is 694. The first-order valence-corrected chi connectivity index (χ1v) is 6.29. The number of rotatable bonds is 4. The van der Waals surface area contributed by atoms with E-state index in [-0.39, 0.29) is 0 Å². The summed E-state index contributed by atoms with van der Waals surface area (Å²) < 4.78 is 7.29. The van der Waals surface area contributed by atoms with Crippen molar-refractivity contribution in [2.45, 2.75) is 6.54 Å². The lowest BCUT2D eigenvalue weighted by Gasteiger charge is -2.03. The van der Waals surface area contributed by atoms with Gasteiger partial charge in [-0.1, -0.05) is 30.3 Å². The van der Waals surface area contributed by atoms with Crippen LogP contribution < -0.4 is 10.5 Å². The fraction of sp³-hybridized carbons (Fsp3) is 0.0667. The molecule has 3 rings (SSSR count). The third-order valence-electron chi connectivity index (χ3n) is 2.83. The van der Waals surface area contributed by atoms with Crippen LogP contribution in [0.15, 0.2) is 60.9 Å². The quantitative estimate of drug-likeness (QED) is 0.788. The van der Waals surface area contributed by atoms with E-state index in [0.29, 0.717) is 18.3 Å². The Morgan fingerprint density at radius 3 is 2.70 bits per heavy atom. The first-order chi connectivity index (χ1) is 9.85. The molecular formula is C15H14N4O. The molecule has 2 N–H and O–H groups in total. The van der Waals surface area contributed by atoms with E-state index in [1.807, 2.05) is 54.6 Å². The van der Waals surface area contributed by atoms with Gasteiger partial charge in [0.15, 0.2) is 0 Å². The second-order valence-electron chi connectivity index (χ2n) is 4.26. The molecule has 0 aliphatic carbocycles. The SMILES string of the molecule is NCc1cccc(Oc2ncn(-c3ccccc3)n2)c1. The molecule has 0 spiro atoms. The largest absolute Gasteiger partial charge is 0.423 e. The van der Waals surface area contributed by atoms with Gasteiger partial charge in [0.25, 0.3) is 0 Å². The number of hydrogen-bond donors (Lipinski definition) is 1. The van der Waals surface area contributed by atoms with Crippen LogP contribution in [0, 0.1) is 0 Å². The van der Waals surface area contributed by atoms with E-state index in [0.717, 1.165) is 11.3 Å². The van der Waals surface area contributed by atoms with Gasteiger partial charge < -0.3 is 10.5 Å². The second kappa shape index (κ2) is 5.54. The molecule has 0 fully saturated rings. The number of para-hydroxylation sites is 1. The zero-order valence-electron chi connectivity index (χ0n) is 10.8. The fourth-order valence-corrected chi connectivity index (χ4v) is 1.84. The maximum Gasteiger partial charge on any atom is 0.341 e. The number of hydrogen-bond acceptors (Lipinski definition) is 4. The van der Waals surface area contributed by atoms with Gasteiger partial charge in [0.2, 0.25) is 0 Å². The molecule has 2 aromatic carbocycles. The van der Waals surface area contributed by atoms with Crippen molar-refractivity contribution in [1.29, 1.82) is 0 Å². The Morgan fingerprint density at radius 1 is 1.05 bits per heavy atom. The van der Waals surface area contributed by atoms with Crippen LogP contribution in [0.1, 0.15) is 5.56 Å². The van der Waals surface area contributed by atoms with E-state index < -0.39 is 0 Å². The molecule has 0 aliphatic rings. The Hall–Kier alpha value is -2.66. The summed E-state index contributed by atoms with van der Waals surface area (Å²) in [6, 6.07) is 17.6. The average molecular weight is 266 g/mol. The molecule has 0 saturated carbocycles. The van der Waals surface area contributed by atoms with Gasteiger partial charge in [-0.2, -0.15) is 4.98 Å². The molecule has 5 heteroatoms. The minimum Gasteiger partial charge on any atom is -0.423 e. The molecule has 1 heterocycles. The highest BCUT2D eigenvalue weighted by atomic mass is 16.5. The molecule has 0 amide bonds. The molecule has 0 unspecified atom stereocenters. The molecule has 20 heavy (non-hydrogen) atoms. The number of aromatic nitrogens is 3. The van der Waals surface area contributed by atoms with Crippen LogP contribution in [0.5, 0.6) is 11.8 Å². The van der Waals surface area contributed by atoms with Crippen LogP contribution >= 0.6 is 0 Å². The van der Waals surface area contributed by atoms with Crippen molar-refractivity contribution in [3.63, 3.8) is 0 Å². The average Bonchev–Trinajstić information content (AvgIpc) is 2.97. The molecular weight excluding hydrogens is 252 g/mol. The smallest absolute Gasteiger partial charge is 0.341 e. The molecule has 0 radical (unpaired) electrons. The summed E-state index contributed by atoms with van der Waals surface area (Å²) in [5.74, 6) is 0.679. The molecule has 5 nitrogen and oxygen atoms in total. The van der Waals surface area contributed by atoms with Crippen LogP contribution in [-0.2, 0) is 6.54 Å². The number of benzene rings is 2. The highest BCUT2D eigenvalue weighted by Gasteiger charge is 2.05. The van der Waals surface area contributed by atoms with E-state index in [1.54, 1.807) is 11.0 Å². The summed E-state index contributed by atoms with van der Waals surface area (Å²) in [6.45, 7) is 0.475. The van der Waals surface area contributed by atoms with Crippen LogP contribution in [0.4, 0.5) is 0 Å². The van der Waals surface area contributed by atoms with E-state index in [4.69, 9.17) is 10.5 Å². The lowest BCUT2D eigenvalue weighted by Crippen LogP contribution is -1.97. The number of nitrogens with zero attached hydrogens (tertiary/aromatic N) is 3.